The molecule has 7 nitrogen and oxygen atoms in total. The second-order valence-electron chi connectivity index (χ2n) is 7.18. The number of H-pyrrole nitrogens is 1. The van der Waals surface area contributed by atoms with Gasteiger partial charge in [-0.25, -0.2) is 18.5 Å². The fourth-order valence-electron chi connectivity index (χ4n) is 3.84. The quantitative estimate of drug-likeness (QED) is 0.620. The summed E-state index contributed by atoms with van der Waals surface area (Å²) in [7, 11) is -3.80. The summed E-state index contributed by atoms with van der Waals surface area (Å²) in [5.74, 6) is 0.977. The summed E-state index contributed by atoms with van der Waals surface area (Å²) < 4.78 is 29.3. The van der Waals surface area contributed by atoms with Crippen LogP contribution in [-0.2, 0) is 16.6 Å². The van der Waals surface area contributed by atoms with Crippen molar-refractivity contribution in [1.82, 2.24) is 9.97 Å². The van der Waals surface area contributed by atoms with Gasteiger partial charge in [-0.05, 0) is 37.0 Å². The molecule has 8 heteroatoms. The van der Waals surface area contributed by atoms with Crippen LogP contribution in [-0.4, -0.2) is 30.1 Å². The molecule has 1 saturated carbocycles. The molecule has 1 aromatic carbocycles. The van der Waals surface area contributed by atoms with Crippen molar-refractivity contribution >= 4 is 31.8 Å². The highest BCUT2D eigenvalue weighted by atomic mass is 32.2. The van der Waals surface area contributed by atoms with E-state index in [9.17, 15) is 13.5 Å². The molecule has 0 spiro atoms. The molecule has 0 radical (unpaired) electrons. The van der Waals surface area contributed by atoms with E-state index in [0.29, 0.717) is 35.0 Å². The number of aromatic amines is 1. The van der Waals surface area contributed by atoms with Crippen molar-refractivity contribution in [2.45, 2.75) is 43.6 Å². The van der Waals surface area contributed by atoms with Gasteiger partial charge in [0.05, 0.1) is 29.3 Å². The number of aliphatic hydroxyl groups is 1. The fraction of sp³-hybridized carbons (Fsp3) is 0.421. The molecule has 0 bridgehead atoms. The van der Waals surface area contributed by atoms with Crippen LogP contribution >= 0.6 is 0 Å². The molecule has 0 amide bonds. The van der Waals surface area contributed by atoms with Gasteiger partial charge in [0.1, 0.15) is 0 Å². The number of hydrogen-bond donors (Lipinski definition) is 3. The molecule has 0 saturated heterocycles. The number of benzene rings is 1. The molecular formula is C19H23N3O4S. The maximum absolute atomic E-state index is 11.7. The van der Waals surface area contributed by atoms with E-state index in [1.165, 1.54) is 44.2 Å². The number of primary sulfonamides is 1. The minimum atomic E-state index is -3.80. The zero-order valence-electron chi connectivity index (χ0n) is 14.9. The van der Waals surface area contributed by atoms with Crippen LogP contribution in [0.2, 0.25) is 0 Å². The van der Waals surface area contributed by atoms with E-state index in [-0.39, 0.29) is 11.5 Å². The lowest BCUT2D eigenvalue weighted by Gasteiger charge is -2.21. The third-order valence-electron chi connectivity index (χ3n) is 5.28. The van der Waals surface area contributed by atoms with Crippen molar-refractivity contribution in [3.63, 3.8) is 0 Å². The summed E-state index contributed by atoms with van der Waals surface area (Å²) in [5.41, 5.74) is 1.89. The van der Waals surface area contributed by atoms with Gasteiger partial charge < -0.3 is 14.8 Å². The molecule has 0 aliphatic heterocycles. The number of ether oxygens (including phenoxy) is 1. The van der Waals surface area contributed by atoms with Gasteiger partial charge in [-0.2, -0.15) is 0 Å². The van der Waals surface area contributed by atoms with Gasteiger partial charge in [0.15, 0.2) is 0 Å². The topological polar surface area (TPSA) is 118 Å². The zero-order valence-corrected chi connectivity index (χ0v) is 15.8. The van der Waals surface area contributed by atoms with Crippen LogP contribution in [0.1, 0.15) is 37.8 Å². The first kappa shape index (κ1) is 18.2. The summed E-state index contributed by atoms with van der Waals surface area (Å²) in [5, 5.41) is 16.5. The Morgan fingerprint density at radius 1 is 1.19 bits per heavy atom. The Bertz CT molecular complexity index is 1090. The Morgan fingerprint density at radius 3 is 2.67 bits per heavy atom. The lowest BCUT2D eigenvalue weighted by molar-refractivity contribution is 0.201. The van der Waals surface area contributed by atoms with Crippen molar-refractivity contribution in [2.75, 3.05) is 6.61 Å². The van der Waals surface area contributed by atoms with Gasteiger partial charge in [0, 0.05) is 22.4 Å². The monoisotopic (exact) mass is 389 g/mol. The lowest BCUT2D eigenvalue weighted by Crippen LogP contribution is -2.15. The van der Waals surface area contributed by atoms with Crippen molar-refractivity contribution in [1.29, 1.82) is 0 Å². The predicted molar refractivity (Wildman–Crippen MR) is 103 cm³/mol. The van der Waals surface area contributed by atoms with Crippen LogP contribution in [0.5, 0.6) is 5.88 Å². The van der Waals surface area contributed by atoms with Crippen LogP contribution in [0.4, 0.5) is 0 Å². The number of aromatic nitrogens is 2. The number of rotatable bonds is 5. The predicted octanol–water partition coefficient (Wildman–Crippen LogP) is 2.81. The average Bonchev–Trinajstić information content (AvgIpc) is 3.04. The average molecular weight is 389 g/mol. The van der Waals surface area contributed by atoms with Gasteiger partial charge in [0.2, 0.25) is 15.9 Å². The number of pyridine rings is 1. The van der Waals surface area contributed by atoms with E-state index in [4.69, 9.17) is 9.88 Å². The summed E-state index contributed by atoms with van der Waals surface area (Å²) in [6.45, 7) is 0.361. The molecule has 2 aromatic heterocycles. The Labute approximate surface area is 157 Å². The number of sulfonamides is 1. The van der Waals surface area contributed by atoms with E-state index >= 15 is 0 Å². The molecule has 3 aromatic rings. The van der Waals surface area contributed by atoms with Crippen molar-refractivity contribution in [3.8, 4) is 5.88 Å². The molecule has 1 fully saturated rings. The molecule has 4 N–H and O–H groups in total. The molecule has 2 heterocycles. The highest BCUT2D eigenvalue weighted by molar-refractivity contribution is 7.89. The van der Waals surface area contributed by atoms with Crippen molar-refractivity contribution < 1.29 is 18.3 Å². The highest BCUT2D eigenvalue weighted by Gasteiger charge is 2.17. The molecule has 4 rings (SSSR count). The van der Waals surface area contributed by atoms with Crippen LogP contribution in [0, 0.1) is 5.92 Å². The SMILES string of the molecule is NS(=O)(=O)c1ccc2[nH]c3c(CO)nc(OCC4CCCCC4)cc3c2c1. The highest BCUT2D eigenvalue weighted by Crippen LogP contribution is 2.32. The Kier molecular flexibility index (Phi) is 4.79. The molecule has 144 valence electrons. The molecule has 1 aliphatic rings. The summed E-state index contributed by atoms with van der Waals surface area (Å²) in [6, 6.07) is 6.46. The molecule has 1 aliphatic carbocycles. The van der Waals surface area contributed by atoms with E-state index in [1.807, 2.05) is 0 Å². The van der Waals surface area contributed by atoms with Gasteiger partial charge in [0.25, 0.3) is 0 Å². The Morgan fingerprint density at radius 2 is 1.96 bits per heavy atom. The van der Waals surface area contributed by atoms with Crippen molar-refractivity contribution in [3.05, 3.63) is 30.0 Å². The number of nitrogens with one attached hydrogen (secondary N) is 1. The van der Waals surface area contributed by atoms with Crippen LogP contribution < -0.4 is 9.88 Å². The third-order valence-corrected chi connectivity index (χ3v) is 6.19. The second-order valence-corrected chi connectivity index (χ2v) is 8.74. The van der Waals surface area contributed by atoms with E-state index in [0.717, 1.165) is 10.9 Å². The summed E-state index contributed by atoms with van der Waals surface area (Å²) in [4.78, 5) is 7.66. The molecule has 0 unspecified atom stereocenters. The number of aliphatic hydroxyl groups excluding tert-OH is 1. The normalized spacial score (nSPS) is 16.2. The van der Waals surface area contributed by atoms with Crippen molar-refractivity contribution in [2.24, 2.45) is 11.1 Å². The van der Waals surface area contributed by atoms with Gasteiger partial charge in [-0.3, -0.25) is 0 Å². The molecule has 27 heavy (non-hydrogen) atoms. The lowest BCUT2D eigenvalue weighted by atomic mass is 9.90. The first-order valence-corrected chi connectivity index (χ1v) is 10.7. The third kappa shape index (κ3) is 3.65. The first-order chi connectivity index (χ1) is 13.0. The largest absolute Gasteiger partial charge is 0.477 e. The number of hydrogen-bond acceptors (Lipinski definition) is 5. The van der Waals surface area contributed by atoms with Crippen LogP contribution in [0.3, 0.4) is 0 Å². The van der Waals surface area contributed by atoms with Gasteiger partial charge in [-0.15, -0.1) is 0 Å². The Hall–Kier alpha value is -2.16. The Balaban J connectivity index is 1.75. The number of nitrogens with two attached hydrogens (primary N) is 1. The standard InChI is InChI=1S/C19H23N3O4S/c20-27(24,25)13-6-7-16-14(8-13)15-9-18(21-17(10-23)19(15)22-16)26-11-12-4-2-1-3-5-12/h6-9,12,22-23H,1-5,10-11H2,(H2,20,24,25). The molecule has 0 atom stereocenters. The summed E-state index contributed by atoms with van der Waals surface area (Å²) >= 11 is 0. The second kappa shape index (κ2) is 7.10. The number of fused-ring (bicyclic) bond motifs is 3. The fourth-order valence-corrected chi connectivity index (χ4v) is 4.38. The maximum Gasteiger partial charge on any atom is 0.238 e. The van der Waals surface area contributed by atoms with E-state index in [2.05, 4.69) is 9.97 Å². The van der Waals surface area contributed by atoms with Gasteiger partial charge >= 0.3 is 0 Å². The first-order valence-electron chi connectivity index (χ1n) is 9.17. The van der Waals surface area contributed by atoms with Crippen LogP contribution in [0.15, 0.2) is 29.2 Å². The minimum absolute atomic E-state index is 0.0444. The smallest absolute Gasteiger partial charge is 0.238 e. The maximum atomic E-state index is 11.7. The van der Waals surface area contributed by atoms with Crippen LogP contribution in [0.25, 0.3) is 21.8 Å². The van der Waals surface area contributed by atoms with Gasteiger partial charge in [-0.1, -0.05) is 19.3 Å². The zero-order chi connectivity index (χ0) is 19.0. The summed E-state index contributed by atoms with van der Waals surface area (Å²) in [6.07, 6.45) is 6.10. The minimum Gasteiger partial charge on any atom is -0.477 e. The van der Waals surface area contributed by atoms with E-state index < -0.39 is 10.0 Å². The molecular weight excluding hydrogens is 366 g/mol. The van der Waals surface area contributed by atoms with E-state index in [1.54, 1.807) is 12.1 Å². The number of nitrogens with zero attached hydrogens (tertiary/aromatic N) is 1.